The first-order valence-corrected chi connectivity index (χ1v) is 6.24. The Hall–Kier alpha value is -1.62. The lowest BCUT2D eigenvalue weighted by atomic mass is 9.96. The summed E-state index contributed by atoms with van der Waals surface area (Å²) in [6.07, 6.45) is -0.170. The molecule has 0 spiro atoms. The molecule has 2 N–H and O–H groups in total. The first-order valence-electron chi connectivity index (χ1n) is 6.24. The summed E-state index contributed by atoms with van der Waals surface area (Å²) in [5.74, 6) is -0.780. The van der Waals surface area contributed by atoms with Gasteiger partial charge in [-0.1, -0.05) is 12.1 Å². The molecule has 0 amide bonds. The first kappa shape index (κ1) is 15.4. The molecule has 19 heavy (non-hydrogen) atoms. The molecule has 1 aromatic rings. The van der Waals surface area contributed by atoms with Crippen molar-refractivity contribution in [1.29, 1.82) is 0 Å². The second-order valence-corrected chi connectivity index (χ2v) is 4.70. The number of carbonyl (C=O) groups is 1. The van der Waals surface area contributed by atoms with Gasteiger partial charge in [0.25, 0.3) is 0 Å². The molecule has 0 radical (unpaired) electrons. The smallest absolute Gasteiger partial charge is 0.325 e. The van der Waals surface area contributed by atoms with Gasteiger partial charge in [-0.15, -0.1) is 0 Å². The average Bonchev–Trinajstić information content (AvgIpc) is 2.31. The Morgan fingerprint density at radius 3 is 2.68 bits per heavy atom. The summed E-state index contributed by atoms with van der Waals surface area (Å²) < 4.78 is 23.7. The minimum absolute atomic E-state index is 0.148. The normalized spacial score (nSPS) is 15.4. The van der Waals surface area contributed by atoms with E-state index in [0.29, 0.717) is 0 Å². The maximum Gasteiger partial charge on any atom is 0.325 e. The molecule has 0 saturated heterocycles. The molecule has 4 nitrogen and oxygen atoms in total. The van der Waals surface area contributed by atoms with E-state index in [4.69, 9.17) is 15.2 Å². The molecule has 0 fully saturated rings. The molecule has 106 valence electrons. The standard InChI is InChI=1S/C14H20FNO3/c1-4-18-13(17)14(3,16)9-10(2)19-12-8-6-5-7-11(12)15/h5-8,10H,4,9,16H2,1-3H3. The van der Waals surface area contributed by atoms with Gasteiger partial charge in [0, 0.05) is 6.42 Å². The molecule has 0 saturated carbocycles. The lowest BCUT2D eigenvalue weighted by molar-refractivity contribution is -0.149. The van der Waals surface area contributed by atoms with Gasteiger partial charge in [-0.05, 0) is 32.9 Å². The van der Waals surface area contributed by atoms with E-state index >= 15 is 0 Å². The minimum atomic E-state index is -1.15. The van der Waals surface area contributed by atoms with Gasteiger partial charge in [0.05, 0.1) is 12.7 Å². The monoisotopic (exact) mass is 269 g/mol. The molecule has 0 bridgehead atoms. The second kappa shape index (κ2) is 6.52. The van der Waals surface area contributed by atoms with Gasteiger partial charge in [0.1, 0.15) is 5.54 Å². The topological polar surface area (TPSA) is 61.5 Å². The summed E-state index contributed by atoms with van der Waals surface area (Å²) in [5, 5.41) is 0. The molecule has 5 heteroatoms. The van der Waals surface area contributed by atoms with Crippen molar-refractivity contribution in [3.63, 3.8) is 0 Å². The highest BCUT2D eigenvalue weighted by Gasteiger charge is 2.32. The highest BCUT2D eigenvalue weighted by Crippen LogP contribution is 2.20. The molecule has 0 aliphatic rings. The van der Waals surface area contributed by atoms with Gasteiger partial charge in [-0.2, -0.15) is 0 Å². The third-order valence-corrected chi connectivity index (χ3v) is 2.62. The van der Waals surface area contributed by atoms with Gasteiger partial charge in [-0.25, -0.2) is 4.39 Å². The number of esters is 1. The molecule has 0 aliphatic carbocycles. The van der Waals surface area contributed by atoms with Crippen LogP contribution in [0, 0.1) is 5.82 Å². The number of hydrogen-bond donors (Lipinski definition) is 1. The zero-order valence-corrected chi connectivity index (χ0v) is 11.5. The molecule has 1 aromatic carbocycles. The van der Waals surface area contributed by atoms with Crippen LogP contribution in [0.3, 0.4) is 0 Å². The van der Waals surface area contributed by atoms with E-state index in [-0.39, 0.29) is 18.8 Å². The van der Waals surface area contributed by atoms with Gasteiger partial charge >= 0.3 is 5.97 Å². The van der Waals surface area contributed by atoms with E-state index in [1.165, 1.54) is 12.1 Å². The molecular weight excluding hydrogens is 249 g/mol. The Kier molecular flexibility index (Phi) is 5.30. The van der Waals surface area contributed by atoms with Crippen molar-refractivity contribution in [3.8, 4) is 5.75 Å². The minimum Gasteiger partial charge on any atom is -0.488 e. The largest absolute Gasteiger partial charge is 0.488 e. The van der Waals surface area contributed by atoms with Crippen LogP contribution in [-0.4, -0.2) is 24.2 Å². The number of rotatable bonds is 6. The predicted octanol–water partition coefficient (Wildman–Crippen LogP) is 2.26. The SMILES string of the molecule is CCOC(=O)C(C)(N)CC(C)Oc1ccccc1F. The van der Waals surface area contributed by atoms with Crippen molar-refractivity contribution in [2.24, 2.45) is 5.73 Å². The maximum absolute atomic E-state index is 13.4. The van der Waals surface area contributed by atoms with Crippen molar-refractivity contribution in [2.45, 2.75) is 38.8 Å². The Balaban J connectivity index is 2.62. The summed E-state index contributed by atoms with van der Waals surface area (Å²) in [7, 11) is 0. The number of carbonyl (C=O) groups excluding carboxylic acids is 1. The Bertz CT molecular complexity index is 434. The van der Waals surface area contributed by atoms with Crippen LogP contribution in [0.2, 0.25) is 0 Å². The van der Waals surface area contributed by atoms with Crippen molar-refractivity contribution < 1.29 is 18.7 Å². The summed E-state index contributed by atoms with van der Waals surface area (Å²) in [4.78, 5) is 11.6. The van der Waals surface area contributed by atoms with Gasteiger partial charge in [0.15, 0.2) is 11.6 Å². The number of halogens is 1. The van der Waals surface area contributed by atoms with Crippen LogP contribution < -0.4 is 10.5 Å². The zero-order chi connectivity index (χ0) is 14.5. The number of benzene rings is 1. The van der Waals surface area contributed by atoms with Crippen molar-refractivity contribution in [2.75, 3.05) is 6.61 Å². The van der Waals surface area contributed by atoms with Crippen LogP contribution in [0.25, 0.3) is 0 Å². The molecule has 0 heterocycles. The summed E-state index contributed by atoms with van der Waals surface area (Å²) >= 11 is 0. The molecule has 2 atom stereocenters. The summed E-state index contributed by atoms with van der Waals surface area (Å²) in [6.45, 7) is 5.30. The number of hydrogen-bond acceptors (Lipinski definition) is 4. The van der Waals surface area contributed by atoms with Gasteiger partial charge in [-0.3, -0.25) is 4.79 Å². The van der Waals surface area contributed by atoms with E-state index in [1.54, 1.807) is 32.9 Å². The lowest BCUT2D eigenvalue weighted by Gasteiger charge is -2.26. The summed E-state index contributed by atoms with van der Waals surface area (Å²) in [6, 6.07) is 6.11. The fourth-order valence-electron chi connectivity index (χ4n) is 1.78. The van der Waals surface area contributed by atoms with Crippen molar-refractivity contribution >= 4 is 5.97 Å². The fraction of sp³-hybridized carbons (Fsp3) is 0.500. The fourth-order valence-corrected chi connectivity index (χ4v) is 1.78. The Morgan fingerprint density at radius 2 is 2.11 bits per heavy atom. The highest BCUT2D eigenvalue weighted by molar-refractivity contribution is 5.80. The number of nitrogens with two attached hydrogens (primary N) is 1. The van der Waals surface area contributed by atoms with E-state index in [0.717, 1.165) is 0 Å². The van der Waals surface area contributed by atoms with Crippen LogP contribution in [0.4, 0.5) is 4.39 Å². The molecule has 2 unspecified atom stereocenters. The van der Waals surface area contributed by atoms with Crippen LogP contribution in [-0.2, 0) is 9.53 Å². The Labute approximate surface area is 112 Å². The third kappa shape index (κ3) is 4.52. The van der Waals surface area contributed by atoms with Crippen LogP contribution in [0.5, 0.6) is 5.75 Å². The van der Waals surface area contributed by atoms with Crippen molar-refractivity contribution in [1.82, 2.24) is 0 Å². The number of ether oxygens (including phenoxy) is 2. The van der Waals surface area contributed by atoms with E-state index in [1.807, 2.05) is 0 Å². The molecule has 0 aromatic heterocycles. The zero-order valence-electron chi connectivity index (χ0n) is 11.5. The number of para-hydroxylation sites is 1. The quantitative estimate of drug-likeness (QED) is 0.805. The van der Waals surface area contributed by atoms with Crippen LogP contribution in [0.1, 0.15) is 27.2 Å². The summed E-state index contributed by atoms with van der Waals surface area (Å²) in [5.41, 5.74) is 4.74. The van der Waals surface area contributed by atoms with E-state index in [2.05, 4.69) is 0 Å². The Morgan fingerprint density at radius 1 is 1.47 bits per heavy atom. The van der Waals surface area contributed by atoms with Crippen molar-refractivity contribution in [3.05, 3.63) is 30.1 Å². The second-order valence-electron chi connectivity index (χ2n) is 4.70. The maximum atomic E-state index is 13.4. The lowest BCUT2D eigenvalue weighted by Crippen LogP contribution is -2.49. The predicted molar refractivity (Wildman–Crippen MR) is 70.3 cm³/mol. The molecular formula is C14H20FNO3. The molecule has 0 aliphatic heterocycles. The highest BCUT2D eigenvalue weighted by atomic mass is 19.1. The first-order chi connectivity index (χ1) is 8.86. The molecule has 1 rings (SSSR count). The third-order valence-electron chi connectivity index (χ3n) is 2.62. The van der Waals surface area contributed by atoms with E-state index < -0.39 is 23.4 Å². The average molecular weight is 269 g/mol. The van der Waals surface area contributed by atoms with Crippen LogP contribution >= 0.6 is 0 Å². The van der Waals surface area contributed by atoms with E-state index in [9.17, 15) is 9.18 Å². The van der Waals surface area contributed by atoms with Gasteiger partial charge in [0.2, 0.25) is 0 Å². The van der Waals surface area contributed by atoms with Crippen LogP contribution in [0.15, 0.2) is 24.3 Å². The van der Waals surface area contributed by atoms with Gasteiger partial charge < -0.3 is 15.2 Å².